The van der Waals surface area contributed by atoms with Gasteiger partial charge in [-0.3, -0.25) is 0 Å². The molecule has 1 aromatic carbocycles. The SMILES string of the molecule is N#Cc1ccc(C(O)F)cc1. The Morgan fingerprint density at radius 1 is 1.36 bits per heavy atom. The second-order valence-electron chi connectivity index (χ2n) is 2.07. The summed E-state index contributed by atoms with van der Waals surface area (Å²) in [6.07, 6.45) is -1.96. The Balaban J connectivity index is 2.94. The third kappa shape index (κ3) is 1.76. The molecule has 0 spiro atoms. The Morgan fingerprint density at radius 3 is 2.27 bits per heavy atom. The first-order valence-corrected chi connectivity index (χ1v) is 3.06. The third-order valence-electron chi connectivity index (χ3n) is 1.31. The van der Waals surface area contributed by atoms with Crippen molar-refractivity contribution in [2.24, 2.45) is 0 Å². The minimum atomic E-state index is -1.96. The van der Waals surface area contributed by atoms with Gasteiger partial charge in [0.2, 0.25) is 6.36 Å². The van der Waals surface area contributed by atoms with Crippen molar-refractivity contribution in [1.29, 1.82) is 5.26 Å². The predicted octanol–water partition coefficient (Wildman–Crippen LogP) is 1.52. The van der Waals surface area contributed by atoms with Gasteiger partial charge in [0, 0.05) is 5.56 Å². The van der Waals surface area contributed by atoms with E-state index < -0.39 is 6.36 Å². The van der Waals surface area contributed by atoms with Gasteiger partial charge in [-0.15, -0.1) is 0 Å². The van der Waals surface area contributed by atoms with Crippen LogP contribution in [0.4, 0.5) is 4.39 Å². The molecular formula is C8H6FNO. The fourth-order valence-electron chi connectivity index (χ4n) is 0.716. The Labute approximate surface area is 63.5 Å². The van der Waals surface area contributed by atoms with Gasteiger partial charge in [0.25, 0.3) is 0 Å². The lowest BCUT2D eigenvalue weighted by Crippen LogP contribution is -1.87. The molecule has 56 valence electrons. The van der Waals surface area contributed by atoms with Crippen molar-refractivity contribution < 1.29 is 9.50 Å². The highest BCUT2D eigenvalue weighted by Crippen LogP contribution is 2.13. The van der Waals surface area contributed by atoms with Gasteiger partial charge in [-0.2, -0.15) is 5.26 Å². The summed E-state index contributed by atoms with van der Waals surface area (Å²) in [5.74, 6) is 0. The molecule has 0 aliphatic rings. The Morgan fingerprint density at radius 2 is 1.91 bits per heavy atom. The van der Waals surface area contributed by atoms with Crippen molar-refractivity contribution in [2.75, 3.05) is 0 Å². The number of hydrogen-bond acceptors (Lipinski definition) is 2. The van der Waals surface area contributed by atoms with E-state index in [1.165, 1.54) is 24.3 Å². The molecule has 0 bridgehead atoms. The van der Waals surface area contributed by atoms with E-state index in [-0.39, 0.29) is 5.56 Å². The number of rotatable bonds is 1. The zero-order valence-corrected chi connectivity index (χ0v) is 5.66. The quantitative estimate of drug-likeness (QED) is 0.661. The maximum atomic E-state index is 12.1. The lowest BCUT2D eigenvalue weighted by molar-refractivity contribution is 0.0411. The summed E-state index contributed by atoms with van der Waals surface area (Å²) in [5, 5.41) is 16.8. The van der Waals surface area contributed by atoms with Crippen molar-refractivity contribution in [3.8, 4) is 6.07 Å². The van der Waals surface area contributed by atoms with Crippen molar-refractivity contribution in [3.05, 3.63) is 35.4 Å². The monoisotopic (exact) mass is 151 g/mol. The molecule has 2 nitrogen and oxygen atoms in total. The van der Waals surface area contributed by atoms with Crippen LogP contribution in [-0.2, 0) is 0 Å². The van der Waals surface area contributed by atoms with Gasteiger partial charge in [-0.1, -0.05) is 12.1 Å². The van der Waals surface area contributed by atoms with E-state index in [9.17, 15) is 4.39 Å². The molecule has 0 amide bonds. The van der Waals surface area contributed by atoms with Gasteiger partial charge in [-0.05, 0) is 12.1 Å². The molecule has 0 radical (unpaired) electrons. The van der Waals surface area contributed by atoms with E-state index in [2.05, 4.69) is 0 Å². The summed E-state index contributed by atoms with van der Waals surface area (Å²) in [7, 11) is 0. The first-order valence-electron chi connectivity index (χ1n) is 3.06. The number of halogens is 1. The molecule has 1 atom stereocenters. The van der Waals surface area contributed by atoms with E-state index in [4.69, 9.17) is 10.4 Å². The van der Waals surface area contributed by atoms with Gasteiger partial charge in [-0.25, -0.2) is 4.39 Å². The molecule has 1 rings (SSSR count). The van der Waals surface area contributed by atoms with Crippen LogP contribution in [0.1, 0.15) is 17.5 Å². The lowest BCUT2D eigenvalue weighted by Gasteiger charge is -1.98. The molecule has 0 aliphatic heterocycles. The zero-order valence-electron chi connectivity index (χ0n) is 5.66. The molecule has 0 aliphatic carbocycles. The fraction of sp³-hybridized carbons (Fsp3) is 0.125. The molecule has 0 fully saturated rings. The number of nitriles is 1. The van der Waals surface area contributed by atoms with E-state index in [1.807, 2.05) is 6.07 Å². The highest BCUT2D eigenvalue weighted by molar-refractivity contribution is 5.31. The normalized spacial score (nSPS) is 12.1. The van der Waals surface area contributed by atoms with Crippen LogP contribution >= 0.6 is 0 Å². The summed E-state index contributed by atoms with van der Waals surface area (Å²) in [6, 6.07) is 7.56. The van der Waals surface area contributed by atoms with Crippen LogP contribution in [0.5, 0.6) is 0 Å². The Hall–Kier alpha value is -1.40. The number of nitrogens with zero attached hydrogens (tertiary/aromatic N) is 1. The first kappa shape index (κ1) is 7.70. The molecule has 0 aromatic heterocycles. The number of aliphatic hydroxyl groups is 1. The van der Waals surface area contributed by atoms with Crippen LogP contribution in [0.25, 0.3) is 0 Å². The fourth-order valence-corrected chi connectivity index (χ4v) is 0.716. The molecule has 3 heteroatoms. The molecule has 0 saturated carbocycles. The maximum absolute atomic E-state index is 12.1. The number of benzene rings is 1. The molecule has 11 heavy (non-hydrogen) atoms. The second-order valence-corrected chi connectivity index (χ2v) is 2.07. The van der Waals surface area contributed by atoms with Crippen LogP contribution < -0.4 is 0 Å². The van der Waals surface area contributed by atoms with Crippen LogP contribution in [0.15, 0.2) is 24.3 Å². The largest absolute Gasteiger partial charge is 0.360 e. The van der Waals surface area contributed by atoms with Crippen LogP contribution in [-0.4, -0.2) is 5.11 Å². The highest BCUT2D eigenvalue weighted by atomic mass is 19.1. The van der Waals surface area contributed by atoms with Crippen molar-refractivity contribution in [3.63, 3.8) is 0 Å². The average Bonchev–Trinajstić information content (AvgIpc) is 2.05. The number of hydrogen-bond donors (Lipinski definition) is 1. The van der Waals surface area contributed by atoms with Gasteiger partial charge >= 0.3 is 0 Å². The lowest BCUT2D eigenvalue weighted by atomic mass is 10.1. The molecule has 0 saturated heterocycles. The van der Waals surface area contributed by atoms with Gasteiger partial charge in [0.15, 0.2) is 0 Å². The van der Waals surface area contributed by atoms with E-state index in [0.29, 0.717) is 5.56 Å². The molecule has 1 N–H and O–H groups in total. The first-order chi connectivity index (χ1) is 5.24. The van der Waals surface area contributed by atoms with E-state index in [0.717, 1.165) is 0 Å². The maximum Gasteiger partial charge on any atom is 0.222 e. The predicted molar refractivity (Wildman–Crippen MR) is 37.2 cm³/mol. The summed E-state index contributed by atoms with van der Waals surface area (Å²) >= 11 is 0. The van der Waals surface area contributed by atoms with Gasteiger partial charge in [0.1, 0.15) is 0 Å². The van der Waals surface area contributed by atoms with Crippen LogP contribution in [0, 0.1) is 11.3 Å². The van der Waals surface area contributed by atoms with Crippen LogP contribution in [0.3, 0.4) is 0 Å². The molecular weight excluding hydrogens is 145 g/mol. The topological polar surface area (TPSA) is 44.0 Å². The average molecular weight is 151 g/mol. The minimum absolute atomic E-state index is 0.170. The van der Waals surface area contributed by atoms with Crippen LogP contribution in [0.2, 0.25) is 0 Å². The Kier molecular flexibility index (Phi) is 2.19. The van der Waals surface area contributed by atoms with Gasteiger partial charge < -0.3 is 5.11 Å². The van der Waals surface area contributed by atoms with E-state index in [1.54, 1.807) is 0 Å². The summed E-state index contributed by atoms with van der Waals surface area (Å²) in [4.78, 5) is 0. The zero-order chi connectivity index (χ0) is 8.27. The highest BCUT2D eigenvalue weighted by Gasteiger charge is 2.02. The molecule has 1 aromatic rings. The minimum Gasteiger partial charge on any atom is -0.360 e. The van der Waals surface area contributed by atoms with Crippen molar-refractivity contribution in [1.82, 2.24) is 0 Å². The standard InChI is InChI=1S/C8H6FNO/c9-8(11)7-3-1-6(5-10)2-4-7/h1-4,8,11H. The van der Waals surface area contributed by atoms with Crippen molar-refractivity contribution >= 4 is 0 Å². The van der Waals surface area contributed by atoms with Gasteiger partial charge in [0.05, 0.1) is 11.6 Å². The summed E-state index contributed by atoms with van der Waals surface area (Å²) < 4.78 is 12.1. The van der Waals surface area contributed by atoms with E-state index >= 15 is 0 Å². The summed E-state index contributed by atoms with van der Waals surface area (Å²) in [6.45, 7) is 0. The number of aliphatic hydroxyl groups excluding tert-OH is 1. The van der Waals surface area contributed by atoms with Crippen molar-refractivity contribution in [2.45, 2.75) is 6.36 Å². The molecule has 1 unspecified atom stereocenters. The second kappa shape index (κ2) is 3.13. The third-order valence-corrected chi connectivity index (χ3v) is 1.31. The number of alkyl halides is 1. The summed E-state index contributed by atoms with van der Waals surface area (Å²) in [5.41, 5.74) is 0.624. The smallest absolute Gasteiger partial charge is 0.222 e. The molecule has 0 heterocycles. The Bertz CT molecular complexity index is 273.